The van der Waals surface area contributed by atoms with Gasteiger partial charge in [-0.3, -0.25) is 9.59 Å². The van der Waals surface area contributed by atoms with Crippen molar-refractivity contribution in [2.75, 3.05) is 6.61 Å². The predicted molar refractivity (Wildman–Crippen MR) is 131 cm³/mol. The van der Waals surface area contributed by atoms with Crippen LogP contribution in [-0.2, 0) is 14.3 Å². The van der Waals surface area contributed by atoms with Crippen molar-refractivity contribution in [1.29, 1.82) is 0 Å². The van der Waals surface area contributed by atoms with Gasteiger partial charge in [0.2, 0.25) is 5.91 Å². The molecule has 0 bridgehead atoms. The molecule has 0 unspecified atom stereocenters. The van der Waals surface area contributed by atoms with Crippen molar-refractivity contribution in [3.63, 3.8) is 0 Å². The summed E-state index contributed by atoms with van der Waals surface area (Å²) in [7, 11) is 0. The summed E-state index contributed by atoms with van der Waals surface area (Å²) >= 11 is 0. The smallest absolute Gasteiger partial charge is 0.407 e. The zero-order valence-electron chi connectivity index (χ0n) is 19.7. The van der Waals surface area contributed by atoms with Gasteiger partial charge in [-0.15, -0.1) is 0 Å². The monoisotopic (exact) mass is 476 g/mol. The fourth-order valence-corrected chi connectivity index (χ4v) is 6.19. The highest BCUT2D eigenvalue weighted by Crippen LogP contribution is 2.44. The lowest BCUT2D eigenvalue weighted by Gasteiger charge is -2.23. The zero-order valence-corrected chi connectivity index (χ0v) is 19.7. The van der Waals surface area contributed by atoms with Crippen LogP contribution in [0.4, 0.5) is 4.79 Å². The number of nitrogens with one attached hydrogen (secondary N) is 2. The number of carbonyl (C=O) groups excluding carboxylic acids is 2. The fraction of sp³-hybridized carbons (Fsp3) is 0.464. The van der Waals surface area contributed by atoms with Crippen LogP contribution in [0.2, 0.25) is 0 Å². The molecule has 0 saturated heterocycles. The van der Waals surface area contributed by atoms with E-state index in [-0.39, 0.29) is 42.9 Å². The molecule has 2 saturated carbocycles. The molecule has 2 amide bonds. The van der Waals surface area contributed by atoms with Crippen LogP contribution in [0, 0.1) is 11.8 Å². The quantitative estimate of drug-likeness (QED) is 0.548. The van der Waals surface area contributed by atoms with E-state index in [1.54, 1.807) is 0 Å². The van der Waals surface area contributed by atoms with Crippen LogP contribution in [0.25, 0.3) is 11.1 Å². The summed E-state index contributed by atoms with van der Waals surface area (Å²) in [5.41, 5.74) is 4.71. The van der Waals surface area contributed by atoms with Crippen molar-refractivity contribution in [1.82, 2.24) is 10.6 Å². The summed E-state index contributed by atoms with van der Waals surface area (Å²) in [6.07, 6.45) is 4.57. The molecule has 3 aliphatic rings. The van der Waals surface area contributed by atoms with E-state index in [1.807, 2.05) is 24.3 Å². The topological polar surface area (TPSA) is 105 Å². The van der Waals surface area contributed by atoms with Gasteiger partial charge in [-0.05, 0) is 53.9 Å². The number of amides is 2. The largest absolute Gasteiger partial charge is 0.481 e. The van der Waals surface area contributed by atoms with Crippen molar-refractivity contribution in [2.24, 2.45) is 11.8 Å². The van der Waals surface area contributed by atoms with E-state index in [4.69, 9.17) is 4.74 Å². The lowest BCUT2D eigenvalue weighted by atomic mass is 9.98. The minimum atomic E-state index is -0.844. The zero-order chi connectivity index (χ0) is 24.4. The van der Waals surface area contributed by atoms with Gasteiger partial charge in [0.1, 0.15) is 6.61 Å². The maximum absolute atomic E-state index is 12.7. The van der Waals surface area contributed by atoms with E-state index in [1.165, 1.54) is 22.3 Å². The molecule has 0 radical (unpaired) electrons. The SMILES string of the molecule is O=C(C[C@@H]1CCC[C@H]1NC(=O)OCC1c2ccccc2-c2ccccc21)N[C@@H]1CCC[C@@H]1C(=O)O. The van der Waals surface area contributed by atoms with Crippen LogP contribution >= 0.6 is 0 Å². The molecule has 2 fully saturated rings. The van der Waals surface area contributed by atoms with E-state index in [2.05, 4.69) is 34.9 Å². The molecular formula is C28H32N2O5. The van der Waals surface area contributed by atoms with Crippen molar-refractivity contribution in [3.05, 3.63) is 59.7 Å². The Morgan fingerprint density at radius 1 is 0.829 bits per heavy atom. The van der Waals surface area contributed by atoms with Crippen LogP contribution in [0.1, 0.15) is 62.0 Å². The second kappa shape index (κ2) is 10.1. The van der Waals surface area contributed by atoms with E-state index in [0.29, 0.717) is 12.8 Å². The molecule has 2 aromatic carbocycles. The van der Waals surface area contributed by atoms with Gasteiger partial charge in [-0.2, -0.15) is 0 Å². The number of alkyl carbamates (subject to hydrolysis) is 1. The minimum Gasteiger partial charge on any atom is -0.481 e. The lowest BCUT2D eigenvalue weighted by Crippen LogP contribution is -2.43. The van der Waals surface area contributed by atoms with Crippen molar-refractivity contribution in [3.8, 4) is 11.1 Å². The fourth-order valence-electron chi connectivity index (χ4n) is 6.19. The summed E-state index contributed by atoms with van der Waals surface area (Å²) < 4.78 is 5.69. The molecule has 4 atom stereocenters. The average molecular weight is 477 g/mol. The first kappa shape index (κ1) is 23.4. The molecule has 0 aromatic heterocycles. The molecule has 0 heterocycles. The van der Waals surface area contributed by atoms with Gasteiger partial charge >= 0.3 is 12.1 Å². The Hall–Kier alpha value is -3.35. The number of ether oxygens (including phenoxy) is 1. The summed E-state index contributed by atoms with van der Waals surface area (Å²) in [4.78, 5) is 36.7. The van der Waals surface area contributed by atoms with Crippen LogP contribution in [0.5, 0.6) is 0 Å². The number of hydrogen-bond acceptors (Lipinski definition) is 4. The first-order valence-electron chi connectivity index (χ1n) is 12.6. The number of rotatable bonds is 7. The number of carboxylic acid groups (broad SMARTS) is 1. The third-order valence-corrected chi connectivity index (χ3v) is 7.93. The van der Waals surface area contributed by atoms with E-state index >= 15 is 0 Å². The molecule has 35 heavy (non-hydrogen) atoms. The first-order chi connectivity index (χ1) is 17.0. The summed E-state index contributed by atoms with van der Waals surface area (Å²) in [5, 5.41) is 15.3. The molecule has 7 heteroatoms. The molecule has 0 aliphatic heterocycles. The Balaban J connectivity index is 1.15. The van der Waals surface area contributed by atoms with Gasteiger partial charge in [0, 0.05) is 24.4 Å². The van der Waals surface area contributed by atoms with Crippen LogP contribution in [0.15, 0.2) is 48.5 Å². The van der Waals surface area contributed by atoms with Crippen LogP contribution in [0.3, 0.4) is 0 Å². The standard InChI is InChI=1S/C28H32N2O5/c31-26(29-25-14-6-12-22(25)27(32)33)15-17-7-5-13-24(17)30-28(34)35-16-23-20-10-3-1-8-18(20)19-9-2-4-11-21(19)23/h1-4,8-11,17,22-25H,5-7,12-16H2,(H,29,31)(H,30,34)(H,32,33)/t17-,22-,24+,25+/m0/s1. The Kier molecular flexibility index (Phi) is 6.75. The number of fused-ring (bicyclic) bond motifs is 3. The van der Waals surface area contributed by atoms with Crippen molar-refractivity contribution in [2.45, 2.75) is 62.9 Å². The summed E-state index contributed by atoms with van der Waals surface area (Å²) in [6, 6.07) is 16.0. The molecule has 3 aliphatic carbocycles. The van der Waals surface area contributed by atoms with Gasteiger partial charge in [-0.25, -0.2) is 4.79 Å². The van der Waals surface area contributed by atoms with Gasteiger partial charge in [-0.1, -0.05) is 61.4 Å². The number of aliphatic carboxylic acids is 1. The predicted octanol–water partition coefficient (Wildman–Crippen LogP) is 4.45. The molecule has 184 valence electrons. The molecule has 3 N–H and O–H groups in total. The lowest BCUT2D eigenvalue weighted by molar-refractivity contribution is -0.142. The molecule has 5 rings (SSSR count). The van der Waals surface area contributed by atoms with Crippen molar-refractivity contribution < 1.29 is 24.2 Å². The van der Waals surface area contributed by atoms with E-state index in [9.17, 15) is 19.5 Å². The number of carboxylic acids is 1. The highest BCUT2D eigenvalue weighted by Gasteiger charge is 2.36. The molecule has 2 aromatic rings. The second-order valence-electron chi connectivity index (χ2n) is 10.0. The first-order valence-corrected chi connectivity index (χ1v) is 12.6. The Bertz CT molecular complexity index is 1070. The average Bonchev–Trinajstić information content (AvgIpc) is 3.56. The van der Waals surface area contributed by atoms with Crippen LogP contribution in [-0.4, -0.2) is 41.8 Å². The minimum absolute atomic E-state index is 0.00638. The van der Waals surface area contributed by atoms with Crippen molar-refractivity contribution >= 4 is 18.0 Å². The molecule has 0 spiro atoms. The molecule has 7 nitrogen and oxygen atoms in total. The van der Waals surface area contributed by atoms with Gasteiger partial charge in [0.05, 0.1) is 5.92 Å². The number of hydrogen-bond donors (Lipinski definition) is 3. The Morgan fingerprint density at radius 3 is 2.14 bits per heavy atom. The van der Waals surface area contributed by atoms with Gasteiger partial charge in [0.25, 0.3) is 0 Å². The number of benzene rings is 2. The maximum Gasteiger partial charge on any atom is 0.407 e. The third kappa shape index (κ3) is 4.90. The summed E-state index contributed by atoms with van der Waals surface area (Å²) in [6.45, 7) is 0.260. The van der Waals surface area contributed by atoms with Gasteiger partial charge in [0.15, 0.2) is 0 Å². The maximum atomic E-state index is 12.7. The second-order valence-corrected chi connectivity index (χ2v) is 10.0. The number of carbonyl (C=O) groups is 3. The van der Waals surface area contributed by atoms with E-state index < -0.39 is 18.0 Å². The third-order valence-electron chi connectivity index (χ3n) is 7.93. The normalized spacial score (nSPS) is 25.0. The Morgan fingerprint density at radius 2 is 1.46 bits per heavy atom. The van der Waals surface area contributed by atoms with E-state index in [0.717, 1.165) is 25.7 Å². The Labute approximate surface area is 205 Å². The summed E-state index contributed by atoms with van der Waals surface area (Å²) in [5.74, 6) is -1.44. The molecular weight excluding hydrogens is 444 g/mol. The highest BCUT2D eigenvalue weighted by atomic mass is 16.5. The van der Waals surface area contributed by atoms with Gasteiger partial charge < -0.3 is 20.5 Å². The van der Waals surface area contributed by atoms with Crippen LogP contribution < -0.4 is 10.6 Å². The highest BCUT2D eigenvalue weighted by molar-refractivity contribution is 5.80.